The maximum atomic E-state index is 11.3. The van der Waals surface area contributed by atoms with Gasteiger partial charge in [0, 0.05) is 6.42 Å². The lowest BCUT2D eigenvalue weighted by Crippen LogP contribution is -1.94. The van der Waals surface area contributed by atoms with E-state index in [4.69, 9.17) is 0 Å². The maximum absolute atomic E-state index is 11.3. The second-order valence-corrected chi connectivity index (χ2v) is 3.08. The smallest absolute Gasteiger partial charge is 0.155 e. The first-order valence-electron chi connectivity index (χ1n) is 4.96. The number of unbranched alkanes of at least 4 members (excludes halogenated alkanes) is 1. The monoisotopic (exact) mass is 168 g/mol. The van der Waals surface area contributed by atoms with Crippen LogP contribution in [0.3, 0.4) is 0 Å². The molecule has 0 N–H and O–H groups in total. The minimum atomic E-state index is 0.301. The lowest BCUT2D eigenvalue weighted by molar-refractivity contribution is -0.114. The van der Waals surface area contributed by atoms with Gasteiger partial charge < -0.3 is 0 Å². The van der Waals surface area contributed by atoms with E-state index in [1.165, 1.54) is 5.57 Å². The van der Waals surface area contributed by atoms with E-state index >= 15 is 0 Å². The summed E-state index contributed by atoms with van der Waals surface area (Å²) in [6, 6.07) is 0. The van der Waals surface area contributed by atoms with Crippen LogP contribution in [0.2, 0.25) is 0 Å². The van der Waals surface area contributed by atoms with Gasteiger partial charge in [-0.3, -0.25) is 4.79 Å². The highest BCUT2D eigenvalue weighted by molar-refractivity contribution is 5.90. The van der Waals surface area contributed by atoms with Crippen LogP contribution < -0.4 is 0 Å². The van der Waals surface area contributed by atoms with Crippen LogP contribution >= 0.6 is 0 Å². The van der Waals surface area contributed by atoms with Crippen molar-refractivity contribution in [3.63, 3.8) is 0 Å². The summed E-state index contributed by atoms with van der Waals surface area (Å²) in [5.74, 6) is 0.301. The molecular weight excluding hydrogens is 148 g/mol. The summed E-state index contributed by atoms with van der Waals surface area (Å²) in [4.78, 5) is 11.3. The van der Waals surface area contributed by atoms with E-state index in [-0.39, 0.29) is 0 Å². The second kappa shape index (κ2) is 7.08. The lowest BCUT2D eigenvalue weighted by atomic mass is 10.1. The molecule has 0 aliphatic carbocycles. The largest absolute Gasteiger partial charge is 0.295 e. The summed E-state index contributed by atoms with van der Waals surface area (Å²) in [7, 11) is 0. The Hall–Kier alpha value is -0.590. The zero-order chi connectivity index (χ0) is 9.40. The van der Waals surface area contributed by atoms with Gasteiger partial charge in [-0.25, -0.2) is 0 Å². The molecule has 0 aliphatic heterocycles. The van der Waals surface area contributed by atoms with E-state index in [2.05, 4.69) is 20.8 Å². The molecule has 0 rings (SSSR count). The fraction of sp³-hybridized carbons (Fsp3) is 0.727. The van der Waals surface area contributed by atoms with Crippen molar-refractivity contribution in [2.24, 2.45) is 0 Å². The van der Waals surface area contributed by atoms with Crippen LogP contribution in [-0.2, 0) is 4.79 Å². The molecule has 0 amide bonds. The molecule has 0 aliphatic rings. The van der Waals surface area contributed by atoms with Crippen molar-refractivity contribution in [2.75, 3.05) is 0 Å². The van der Waals surface area contributed by atoms with Crippen molar-refractivity contribution in [2.45, 2.75) is 52.9 Å². The summed E-state index contributed by atoms with van der Waals surface area (Å²) >= 11 is 0. The number of carbonyl (C=O) groups is 1. The van der Waals surface area contributed by atoms with E-state index in [1.807, 2.05) is 6.08 Å². The van der Waals surface area contributed by atoms with Crippen molar-refractivity contribution < 1.29 is 4.79 Å². The summed E-state index contributed by atoms with van der Waals surface area (Å²) in [6.45, 7) is 6.31. The van der Waals surface area contributed by atoms with Crippen LogP contribution in [0.4, 0.5) is 0 Å². The molecule has 1 heteroatoms. The van der Waals surface area contributed by atoms with Gasteiger partial charge in [0.1, 0.15) is 0 Å². The zero-order valence-corrected chi connectivity index (χ0v) is 8.52. The molecule has 0 unspecified atom stereocenters. The summed E-state index contributed by atoms with van der Waals surface area (Å²) in [6.07, 6.45) is 6.70. The van der Waals surface area contributed by atoms with Crippen molar-refractivity contribution in [3.8, 4) is 0 Å². The third-order valence-electron chi connectivity index (χ3n) is 2.05. The molecule has 0 atom stereocenters. The van der Waals surface area contributed by atoms with Gasteiger partial charge in [0.2, 0.25) is 0 Å². The highest BCUT2D eigenvalue weighted by Crippen LogP contribution is 2.07. The predicted octanol–water partition coefficient (Wildman–Crippen LogP) is 3.49. The number of ketones is 1. The highest BCUT2D eigenvalue weighted by Gasteiger charge is 1.98. The first kappa shape index (κ1) is 11.4. The number of hydrogen-bond acceptors (Lipinski definition) is 1. The average Bonchev–Trinajstić information content (AvgIpc) is 2.10. The van der Waals surface area contributed by atoms with E-state index in [0.29, 0.717) is 5.78 Å². The molecule has 0 aromatic rings. The second-order valence-electron chi connectivity index (χ2n) is 3.08. The minimum Gasteiger partial charge on any atom is -0.295 e. The number of rotatable bonds is 6. The van der Waals surface area contributed by atoms with Gasteiger partial charge in [-0.2, -0.15) is 0 Å². The van der Waals surface area contributed by atoms with Crippen LogP contribution in [0, 0.1) is 0 Å². The summed E-state index contributed by atoms with van der Waals surface area (Å²) < 4.78 is 0. The van der Waals surface area contributed by atoms with Gasteiger partial charge in [-0.1, -0.05) is 32.8 Å². The Kier molecular flexibility index (Phi) is 6.73. The number of allylic oxidation sites excluding steroid dienone is 2. The van der Waals surface area contributed by atoms with Crippen molar-refractivity contribution in [3.05, 3.63) is 11.6 Å². The van der Waals surface area contributed by atoms with Gasteiger partial charge in [0.15, 0.2) is 5.78 Å². The molecule has 0 bridgehead atoms. The maximum Gasteiger partial charge on any atom is 0.155 e. The Morgan fingerprint density at radius 3 is 2.17 bits per heavy atom. The highest BCUT2D eigenvalue weighted by atomic mass is 16.1. The fourth-order valence-electron chi connectivity index (χ4n) is 1.10. The molecule has 1 nitrogen and oxygen atoms in total. The van der Waals surface area contributed by atoms with Gasteiger partial charge in [-0.15, -0.1) is 0 Å². The number of carbonyl (C=O) groups excluding carboxylic acids is 1. The zero-order valence-electron chi connectivity index (χ0n) is 8.52. The van der Waals surface area contributed by atoms with E-state index in [9.17, 15) is 4.79 Å². The summed E-state index contributed by atoms with van der Waals surface area (Å²) in [5, 5.41) is 0. The predicted molar refractivity (Wildman–Crippen MR) is 53.2 cm³/mol. The fourth-order valence-corrected chi connectivity index (χ4v) is 1.10. The van der Waals surface area contributed by atoms with Crippen molar-refractivity contribution >= 4 is 5.78 Å². The normalized spacial score (nSPS) is 9.58. The van der Waals surface area contributed by atoms with E-state index in [1.54, 1.807) is 0 Å². The Morgan fingerprint density at radius 1 is 1.17 bits per heavy atom. The Bertz CT molecular complexity index is 150. The molecule has 0 heterocycles. The van der Waals surface area contributed by atoms with Gasteiger partial charge >= 0.3 is 0 Å². The molecule has 0 saturated carbocycles. The molecular formula is C11H20O. The van der Waals surface area contributed by atoms with Crippen LogP contribution in [0.1, 0.15) is 52.9 Å². The van der Waals surface area contributed by atoms with Crippen molar-refractivity contribution in [1.29, 1.82) is 0 Å². The van der Waals surface area contributed by atoms with Crippen molar-refractivity contribution in [1.82, 2.24) is 0 Å². The van der Waals surface area contributed by atoms with E-state index < -0.39 is 0 Å². The third kappa shape index (κ3) is 5.11. The first-order chi connectivity index (χ1) is 5.74. The molecule has 70 valence electrons. The first-order valence-corrected chi connectivity index (χ1v) is 4.96. The molecule has 0 fully saturated rings. The molecule has 0 aromatic carbocycles. The van der Waals surface area contributed by atoms with Crippen LogP contribution in [-0.4, -0.2) is 5.78 Å². The lowest BCUT2D eigenvalue weighted by Gasteiger charge is -1.98. The Balaban J connectivity index is 3.85. The molecule has 0 spiro atoms. The van der Waals surface area contributed by atoms with Gasteiger partial charge in [0.05, 0.1) is 0 Å². The Labute approximate surface area is 75.9 Å². The molecule has 0 radical (unpaired) electrons. The average molecular weight is 168 g/mol. The standard InChI is InChI=1S/C11H20O/c1-4-7-8-11(12)9-10(5-2)6-3/h9H,4-8H2,1-3H3. The molecule has 12 heavy (non-hydrogen) atoms. The van der Waals surface area contributed by atoms with E-state index in [0.717, 1.165) is 32.1 Å². The van der Waals surface area contributed by atoms with Gasteiger partial charge in [0.25, 0.3) is 0 Å². The third-order valence-corrected chi connectivity index (χ3v) is 2.05. The topological polar surface area (TPSA) is 17.1 Å². The van der Waals surface area contributed by atoms with Gasteiger partial charge in [-0.05, 0) is 25.3 Å². The Morgan fingerprint density at radius 2 is 1.75 bits per heavy atom. The minimum absolute atomic E-state index is 0.301. The summed E-state index contributed by atoms with van der Waals surface area (Å²) in [5.41, 5.74) is 1.27. The molecule has 0 saturated heterocycles. The number of hydrogen-bond donors (Lipinski definition) is 0. The quantitative estimate of drug-likeness (QED) is 0.555. The van der Waals surface area contributed by atoms with Crippen LogP contribution in [0.5, 0.6) is 0 Å². The SMILES string of the molecule is CCCCC(=O)C=C(CC)CC. The molecule has 0 aromatic heterocycles. The van der Waals surface area contributed by atoms with Crippen LogP contribution in [0.15, 0.2) is 11.6 Å². The van der Waals surface area contributed by atoms with Crippen LogP contribution in [0.25, 0.3) is 0 Å².